The number of hydrogen-bond donors (Lipinski definition) is 1. The monoisotopic (exact) mass is 289 g/mol. The maximum atomic E-state index is 6.26. The molecule has 3 heteroatoms. The van der Waals surface area contributed by atoms with E-state index >= 15 is 0 Å². The summed E-state index contributed by atoms with van der Waals surface area (Å²) in [6.45, 7) is 3.02. The van der Waals surface area contributed by atoms with Crippen LogP contribution in [-0.2, 0) is 6.42 Å². The van der Waals surface area contributed by atoms with Crippen molar-refractivity contribution in [1.82, 2.24) is 5.32 Å². The van der Waals surface area contributed by atoms with E-state index in [0.717, 1.165) is 29.3 Å². The Labute approximate surface area is 125 Å². The van der Waals surface area contributed by atoms with Gasteiger partial charge in [0.05, 0.1) is 7.11 Å². The van der Waals surface area contributed by atoms with Crippen LogP contribution in [-0.4, -0.2) is 13.7 Å². The Morgan fingerprint density at radius 2 is 1.95 bits per heavy atom. The Morgan fingerprint density at radius 1 is 1.15 bits per heavy atom. The molecule has 0 amide bonds. The lowest BCUT2D eigenvalue weighted by molar-refractivity contribution is 0.413. The fourth-order valence-electron chi connectivity index (χ4n) is 2.30. The van der Waals surface area contributed by atoms with Gasteiger partial charge < -0.3 is 10.1 Å². The molecule has 1 unspecified atom stereocenters. The molecule has 0 radical (unpaired) electrons. The van der Waals surface area contributed by atoms with Gasteiger partial charge in [-0.1, -0.05) is 48.9 Å². The number of benzene rings is 2. The zero-order valence-corrected chi connectivity index (χ0v) is 12.7. The highest BCUT2D eigenvalue weighted by atomic mass is 35.5. The van der Waals surface area contributed by atoms with Crippen LogP contribution in [0.5, 0.6) is 5.75 Å². The average molecular weight is 290 g/mol. The number of nitrogens with one attached hydrogen (secondary N) is 1. The van der Waals surface area contributed by atoms with Crippen LogP contribution in [0.1, 0.15) is 24.1 Å². The van der Waals surface area contributed by atoms with Crippen molar-refractivity contribution < 1.29 is 4.74 Å². The normalized spacial score (nSPS) is 12.2. The van der Waals surface area contributed by atoms with Crippen LogP contribution in [0.3, 0.4) is 0 Å². The van der Waals surface area contributed by atoms with Crippen LogP contribution >= 0.6 is 11.6 Å². The highest BCUT2D eigenvalue weighted by Crippen LogP contribution is 2.25. The maximum absolute atomic E-state index is 6.26. The van der Waals surface area contributed by atoms with Crippen molar-refractivity contribution in [2.24, 2.45) is 0 Å². The molecule has 2 aromatic carbocycles. The summed E-state index contributed by atoms with van der Waals surface area (Å²) in [5.74, 6) is 0.879. The first-order chi connectivity index (χ1) is 9.74. The Hall–Kier alpha value is -1.51. The number of halogens is 1. The molecular formula is C17H20ClNO. The second kappa shape index (κ2) is 7.32. The quantitative estimate of drug-likeness (QED) is 0.859. The SMILES string of the molecule is CCNC(Cc1ccccc1Cl)c1cccc(OC)c1. The van der Waals surface area contributed by atoms with E-state index in [1.54, 1.807) is 7.11 Å². The van der Waals surface area contributed by atoms with Crippen molar-refractivity contribution in [2.75, 3.05) is 13.7 Å². The van der Waals surface area contributed by atoms with E-state index < -0.39 is 0 Å². The van der Waals surface area contributed by atoms with Crippen LogP contribution in [0.15, 0.2) is 48.5 Å². The largest absolute Gasteiger partial charge is 0.497 e. The molecule has 0 heterocycles. The Kier molecular flexibility index (Phi) is 5.45. The van der Waals surface area contributed by atoms with Crippen molar-refractivity contribution in [3.8, 4) is 5.75 Å². The molecule has 0 aromatic heterocycles. The van der Waals surface area contributed by atoms with E-state index in [2.05, 4.69) is 30.4 Å². The van der Waals surface area contributed by atoms with Crippen LogP contribution in [0, 0.1) is 0 Å². The number of rotatable bonds is 6. The zero-order chi connectivity index (χ0) is 14.4. The van der Waals surface area contributed by atoms with Crippen LogP contribution in [0.25, 0.3) is 0 Å². The minimum absolute atomic E-state index is 0.231. The fraction of sp³-hybridized carbons (Fsp3) is 0.294. The maximum Gasteiger partial charge on any atom is 0.119 e. The zero-order valence-electron chi connectivity index (χ0n) is 11.9. The van der Waals surface area contributed by atoms with Gasteiger partial charge in [-0.25, -0.2) is 0 Å². The highest BCUT2D eigenvalue weighted by molar-refractivity contribution is 6.31. The molecule has 0 aliphatic rings. The lowest BCUT2D eigenvalue weighted by Gasteiger charge is -2.19. The van der Waals surface area contributed by atoms with E-state index in [-0.39, 0.29) is 6.04 Å². The smallest absolute Gasteiger partial charge is 0.119 e. The first kappa shape index (κ1) is 14.9. The van der Waals surface area contributed by atoms with E-state index in [9.17, 15) is 0 Å². The standard InChI is InChI=1S/C17H20ClNO/c1-3-19-17(12-13-7-4-5-10-16(13)18)14-8-6-9-15(11-14)20-2/h4-11,17,19H,3,12H2,1-2H3. The lowest BCUT2D eigenvalue weighted by atomic mass is 9.98. The first-order valence-electron chi connectivity index (χ1n) is 6.85. The topological polar surface area (TPSA) is 21.3 Å². The summed E-state index contributed by atoms with van der Waals surface area (Å²) < 4.78 is 5.30. The van der Waals surface area contributed by atoms with Crippen molar-refractivity contribution in [2.45, 2.75) is 19.4 Å². The fourth-order valence-corrected chi connectivity index (χ4v) is 2.51. The summed E-state index contributed by atoms with van der Waals surface area (Å²) in [4.78, 5) is 0. The summed E-state index contributed by atoms with van der Waals surface area (Å²) in [5, 5.41) is 4.33. The Balaban J connectivity index is 2.24. The summed E-state index contributed by atoms with van der Waals surface area (Å²) in [7, 11) is 1.69. The van der Waals surface area contributed by atoms with Gasteiger partial charge in [0.25, 0.3) is 0 Å². The predicted octanol–water partition coefficient (Wildman–Crippen LogP) is 4.24. The molecule has 0 spiro atoms. The lowest BCUT2D eigenvalue weighted by Crippen LogP contribution is -2.23. The van der Waals surface area contributed by atoms with Crippen molar-refractivity contribution >= 4 is 11.6 Å². The van der Waals surface area contributed by atoms with Gasteiger partial charge in [-0.05, 0) is 42.3 Å². The minimum atomic E-state index is 0.231. The molecule has 2 aromatic rings. The molecule has 0 saturated carbocycles. The molecule has 1 atom stereocenters. The Morgan fingerprint density at radius 3 is 2.65 bits per heavy atom. The average Bonchev–Trinajstić information content (AvgIpc) is 2.49. The van der Waals surface area contributed by atoms with Crippen molar-refractivity contribution in [3.05, 3.63) is 64.7 Å². The number of methoxy groups -OCH3 is 1. The molecule has 0 bridgehead atoms. The van der Waals surface area contributed by atoms with E-state index in [0.29, 0.717) is 0 Å². The minimum Gasteiger partial charge on any atom is -0.497 e. The molecule has 0 aliphatic carbocycles. The van der Waals surface area contributed by atoms with E-state index in [1.165, 1.54) is 5.56 Å². The molecule has 1 N–H and O–H groups in total. The van der Waals surface area contributed by atoms with Gasteiger partial charge >= 0.3 is 0 Å². The molecule has 0 aliphatic heterocycles. The second-order valence-electron chi connectivity index (χ2n) is 4.68. The third kappa shape index (κ3) is 3.75. The van der Waals surface area contributed by atoms with Gasteiger partial charge in [0.1, 0.15) is 5.75 Å². The second-order valence-corrected chi connectivity index (χ2v) is 5.09. The number of hydrogen-bond acceptors (Lipinski definition) is 2. The number of ether oxygens (including phenoxy) is 1. The van der Waals surface area contributed by atoms with Gasteiger partial charge in [-0.15, -0.1) is 0 Å². The molecule has 0 saturated heterocycles. The molecule has 106 valence electrons. The molecule has 0 fully saturated rings. The van der Waals surface area contributed by atoms with Gasteiger partial charge in [0.2, 0.25) is 0 Å². The summed E-state index contributed by atoms with van der Waals surface area (Å²) in [6.07, 6.45) is 0.862. The Bertz CT molecular complexity index is 556. The highest BCUT2D eigenvalue weighted by Gasteiger charge is 2.13. The molecule has 2 rings (SSSR count). The summed E-state index contributed by atoms with van der Waals surface area (Å²) in [6, 6.07) is 16.4. The van der Waals surface area contributed by atoms with Gasteiger partial charge in [0.15, 0.2) is 0 Å². The van der Waals surface area contributed by atoms with Crippen molar-refractivity contribution in [1.29, 1.82) is 0 Å². The van der Waals surface area contributed by atoms with Crippen LogP contribution < -0.4 is 10.1 Å². The molecule has 20 heavy (non-hydrogen) atoms. The van der Waals surface area contributed by atoms with E-state index in [4.69, 9.17) is 16.3 Å². The van der Waals surface area contributed by atoms with Gasteiger partial charge in [-0.3, -0.25) is 0 Å². The molecule has 2 nitrogen and oxygen atoms in total. The third-order valence-electron chi connectivity index (χ3n) is 3.33. The van der Waals surface area contributed by atoms with Gasteiger partial charge in [-0.2, -0.15) is 0 Å². The molecular weight excluding hydrogens is 270 g/mol. The summed E-state index contributed by atoms with van der Waals surface area (Å²) in [5.41, 5.74) is 2.37. The predicted molar refractivity (Wildman–Crippen MR) is 84.6 cm³/mol. The van der Waals surface area contributed by atoms with Gasteiger partial charge in [0, 0.05) is 11.1 Å². The van der Waals surface area contributed by atoms with Crippen LogP contribution in [0.2, 0.25) is 5.02 Å². The van der Waals surface area contributed by atoms with Crippen LogP contribution in [0.4, 0.5) is 0 Å². The number of likely N-dealkylation sites (N-methyl/N-ethyl adjacent to an activating group) is 1. The first-order valence-corrected chi connectivity index (χ1v) is 7.23. The van der Waals surface area contributed by atoms with E-state index in [1.807, 2.05) is 30.3 Å². The van der Waals surface area contributed by atoms with Crippen molar-refractivity contribution in [3.63, 3.8) is 0 Å². The third-order valence-corrected chi connectivity index (χ3v) is 3.70. The summed E-state index contributed by atoms with van der Waals surface area (Å²) >= 11 is 6.26.